The van der Waals surface area contributed by atoms with Crippen LogP contribution >= 0.6 is 0 Å². The number of fused-ring (bicyclic) bond motifs is 2. The molecule has 3 aliphatic carbocycles. The molecule has 0 aromatic rings. The van der Waals surface area contributed by atoms with Crippen LogP contribution in [0.1, 0.15) is 52.9 Å². The standard InChI is InChI=1S/C15H24O2/c1-10-12-8-13(2,9-16)6-11(12)7-14(3)4-5-15(10,14)17/h11,16-17H,4-9H2,1-3H3. The van der Waals surface area contributed by atoms with Crippen LogP contribution in [0.3, 0.4) is 0 Å². The lowest BCUT2D eigenvalue weighted by molar-refractivity contribution is -0.146. The molecule has 3 rings (SSSR count). The van der Waals surface area contributed by atoms with E-state index in [0.717, 1.165) is 32.1 Å². The number of aliphatic hydroxyl groups is 2. The molecule has 2 N–H and O–H groups in total. The summed E-state index contributed by atoms with van der Waals surface area (Å²) in [6, 6.07) is 0. The zero-order chi connectivity index (χ0) is 12.5. The van der Waals surface area contributed by atoms with Crippen LogP contribution in [-0.4, -0.2) is 22.4 Å². The highest BCUT2D eigenvalue weighted by atomic mass is 16.3. The van der Waals surface area contributed by atoms with Gasteiger partial charge in [0.05, 0.1) is 5.60 Å². The zero-order valence-corrected chi connectivity index (χ0v) is 11.2. The number of hydrogen-bond acceptors (Lipinski definition) is 2. The van der Waals surface area contributed by atoms with Gasteiger partial charge in [0.15, 0.2) is 0 Å². The van der Waals surface area contributed by atoms with Crippen LogP contribution in [0.15, 0.2) is 11.1 Å². The maximum absolute atomic E-state index is 10.8. The zero-order valence-electron chi connectivity index (χ0n) is 11.2. The van der Waals surface area contributed by atoms with E-state index < -0.39 is 5.60 Å². The molecule has 0 radical (unpaired) electrons. The summed E-state index contributed by atoms with van der Waals surface area (Å²) in [5.41, 5.74) is 2.32. The van der Waals surface area contributed by atoms with Crippen molar-refractivity contribution in [3.63, 3.8) is 0 Å². The fraction of sp³-hybridized carbons (Fsp3) is 0.867. The Bertz CT molecular complexity index is 400. The normalized spacial score (nSPS) is 53.1. The number of hydrogen-bond donors (Lipinski definition) is 2. The second kappa shape index (κ2) is 3.16. The van der Waals surface area contributed by atoms with E-state index >= 15 is 0 Å². The van der Waals surface area contributed by atoms with Crippen LogP contribution in [0.4, 0.5) is 0 Å². The highest BCUT2D eigenvalue weighted by molar-refractivity contribution is 5.38. The minimum atomic E-state index is -0.528. The fourth-order valence-electron chi connectivity index (χ4n) is 4.66. The average Bonchev–Trinajstić information content (AvgIpc) is 2.62. The third kappa shape index (κ3) is 1.29. The SMILES string of the molecule is CC1=C2CC(C)(CO)CC2CC2(C)CCC12O. The first-order chi connectivity index (χ1) is 7.84. The molecule has 4 atom stereocenters. The predicted octanol–water partition coefficient (Wildman–Crippen LogP) is 2.65. The molecule has 0 heterocycles. The van der Waals surface area contributed by atoms with Crippen LogP contribution in [0.25, 0.3) is 0 Å². The van der Waals surface area contributed by atoms with Gasteiger partial charge in [-0.25, -0.2) is 0 Å². The van der Waals surface area contributed by atoms with E-state index in [4.69, 9.17) is 0 Å². The van der Waals surface area contributed by atoms with Crippen molar-refractivity contribution in [3.05, 3.63) is 11.1 Å². The molecule has 4 unspecified atom stereocenters. The quantitative estimate of drug-likeness (QED) is 0.687. The van der Waals surface area contributed by atoms with Crippen LogP contribution in [-0.2, 0) is 0 Å². The fourth-order valence-corrected chi connectivity index (χ4v) is 4.66. The maximum Gasteiger partial charge on any atom is 0.0910 e. The van der Waals surface area contributed by atoms with Crippen LogP contribution in [0.5, 0.6) is 0 Å². The summed E-state index contributed by atoms with van der Waals surface area (Å²) in [5, 5.41) is 20.4. The van der Waals surface area contributed by atoms with Gasteiger partial charge in [0.1, 0.15) is 0 Å². The Morgan fingerprint density at radius 1 is 1.24 bits per heavy atom. The molecule has 3 aliphatic rings. The van der Waals surface area contributed by atoms with E-state index in [1.807, 2.05) is 0 Å². The molecular formula is C15H24O2. The maximum atomic E-state index is 10.8. The lowest BCUT2D eigenvalue weighted by atomic mass is 9.48. The lowest BCUT2D eigenvalue weighted by Crippen LogP contribution is -2.59. The van der Waals surface area contributed by atoms with Gasteiger partial charge in [0.2, 0.25) is 0 Å². The van der Waals surface area contributed by atoms with Gasteiger partial charge in [0.25, 0.3) is 0 Å². The number of allylic oxidation sites excluding steroid dienone is 1. The molecule has 0 amide bonds. The van der Waals surface area contributed by atoms with E-state index in [0.29, 0.717) is 5.92 Å². The molecule has 96 valence electrons. The summed E-state index contributed by atoms with van der Waals surface area (Å²) in [5.74, 6) is 0.609. The van der Waals surface area contributed by atoms with Gasteiger partial charge in [-0.2, -0.15) is 0 Å². The molecule has 2 fully saturated rings. The van der Waals surface area contributed by atoms with E-state index in [2.05, 4.69) is 20.8 Å². The Balaban J connectivity index is 2.02. The second-order valence-electron chi connectivity index (χ2n) is 7.32. The van der Waals surface area contributed by atoms with Crippen molar-refractivity contribution in [3.8, 4) is 0 Å². The van der Waals surface area contributed by atoms with E-state index in [1.165, 1.54) is 11.1 Å². The van der Waals surface area contributed by atoms with Crippen LogP contribution in [0, 0.1) is 16.7 Å². The van der Waals surface area contributed by atoms with Gasteiger partial charge in [-0.05, 0) is 55.9 Å². The third-order valence-electron chi connectivity index (χ3n) is 6.07. The van der Waals surface area contributed by atoms with Crippen LogP contribution in [0.2, 0.25) is 0 Å². The summed E-state index contributed by atoms with van der Waals surface area (Å²) < 4.78 is 0. The number of aliphatic hydroxyl groups excluding tert-OH is 1. The van der Waals surface area contributed by atoms with Gasteiger partial charge >= 0.3 is 0 Å². The van der Waals surface area contributed by atoms with Crippen molar-refractivity contribution in [2.24, 2.45) is 16.7 Å². The summed E-state index contributed by atoms with van der Waals surface area (Å²) in [6.45, 7) is 6.82. The molecular weight excluding hydrogens is 212 g/mol. The molecule has 0 aromatic carbocycles. The predicted molar refractivity (Wildman–Crippen MR) is 67.5 cm³/mol. The minimum Gasteiger partial charge on any atom is -0.396 e. The smallest absolute Gasteiger partial charge is 0.0910 e. The van der Waals surface area contributed by atoms with E-state index in [1.54, 1.807) is 0 Å². The van der Waals surface area contributed by atoms with Gasteiger partial charge in [-0.3, -0.25) is 0 Å². The van der Waals surface area contributed by atoms with Gasteiger partial charge in [-0.15, -0.1) is 0 Å². The lowest BCUT2D eigenvalue weighted by Gasteiger charge is -2.59. The summed E-state index contributed by atoms with van der Waals surface area (Å²) in [7, 11) is 0. The third-order valence-corrected chi connectivity index (χ3v) is 6.07. The summed E-state index contributed by atoms with van der Waals surface area (Å²) >= 11 is 0. The average molecular weight is 236 g/mol. The van der Waals surface area contributed by atoms with Crippen molar-refractivity contribution >= 4 is 0 Å². The molecule has 2 saturated carbocycles. The topological polar surface area (TPSA) is 40.5 Å². The first-order valence-electron chi connectivity index (χ1n) is 6.87. The van der Waals surface area contributed by atoms with Gasteiger partial charge in [0, 0.05) is 12.0 Å². The highest BCUT2D eigenvalue weighted by Gasteiger charge is 2.61. The van der Waals surface area contributed by atoms with Gasteiger partial charge < -0.3 is 10.2 Å². The van der Waals surface area contributed by atoms with Gasteiger partial charge in [-0.1, -0.05) is 19.4 Å². The molecule has 17 heavy (non-hydrogen) atoms. The monoisotopic (exact) mass is 236 g/mol. The summed E-state index contributed by atoms with van der Waals surface area (Å²) in [6.07, 6.45) is 5.29. The van der Waals surface area contributed by atoms with Crippen molar-refractivity contribution < 1.29 is 10.2 Å². The van der Waals surface area contributed by atoms with Crippen molar-refractivity contribution in [2.75, 3.05) is 6.61 Å². The highest BCUT2D eigenvalue weighted by Crippen LogP contribution is 2.65. The first kappa shape index (κ1) is 11.7. The largest absolute Gasteiger partial charge is 0.396 e. The van der Waals surface area contributed by atoms with Crippen molar-refractivity contribution in [1.29, 1.82) is 0 Å². The Kier molecular flexibility index (Phi) is 2.18. The van der Waals surface area contributed by atoms with Crippen molar-refractivity contribution in [1.82, 2.24) is 0 Å². The molecule has 2 heteroatoms. The Morgan fingerprint density at radius 2 is 1.94 bits per heavy atom. The minimum absolute atomic E-state index is 0.0533. The Labute approximate surface area is 104 Å². The summed E-state index contributed by atoms with van der Waals surface area (Å²) in [4.78, 5) is 0. The Morgan fingerprint density at radius 3 is 2.47 bits per heavy atom. The molecule has 0 aliphatic heterocycles. The first-order valence-corrected chi connectivity index (χ1v) is 6.87. The molecule has 0 bridgehead atoms. The van der Waals surface area contributed by atoms with Crippen molar-refractivity contribution in [2.45, 2.75) is 58.5 Å². The second-order valence-corrected chi connectivity index (χ2v) is 7.32. The van der Waals surface area contributed by atoms with E-state index in [-0.39, 0.29) is 17.4 Å². The van der Waals surface area contributed by atoms with E-state index in [9.17, 15) is 10.2 Å². The molecule has 0 saturated heterocycles. The molecule has 0 spiro atoms. The number of rotatable bonds is 1. The van der Waals surface area contributed by atoms with Crippen LogP contribution < -0.4 is 0 Å². The Hall–Kier alpha value is -0.340. The molecule has 2 nitrogen and oxygen atoms in total. The molecule has 0 aromatic heterocycles.